The molecule has 0 radical (unpaired) electrons. The number of anilines is 1. The van der Waals surface area contributed by atoms with E-state index >= 15 is 0 Å². The van der Waals surface area contributed by atoms with E-state index in [9.17, 15) is 9.59 Å². The Labute approximate surface area is 156 Å². The van der Waals surface area contributed by atoms with Crippen LogP contribution in [0.1, 0.15) is 32.0 Å². The standard InChI is InChI=1S/C20H19N3O2S/c1-14-8-6-7-11-16(14)18(24)22-20-21-17(13-26-20)19(25)23(2)12-15-9-4-3-5-10-15/h3-11,13H,12H2,1-2H3,(H,21,22,24). The molecule has 0 spiro atoms. The molecule has 26 heavy (non-hydrogen) atoms. The number of benzene rings is 2. The van der Waals surface area contributed by atoms with Crippen LogP contribution in [0.3, 0.4) is 0 Å². The van der Waals surface area contributed by atoms with E-state index < -0.39 is 0 Å². The number of carbonyl (C=O) groups excluding carboxylic acids is 2. The molecule has 0 aliphatic heterocycles. The van der Waals surface area contributed by atoms with Crippen LogP contribution in [-0.2, 0) is 6.54 Å². The highest BCUT2D eigenvalue weighted by molar-refractivity contribution is 7.14. The molecule has 0 atom stereocenters. The van der Waals surface area contributed by atoms with Crippen molar-refractivity contribution in [2.24, 2.45) is 0 Å². The van der Waals surface area contributed by atoms with E-state index in [1.165, 1.54) is 11.3 Å². The van der Waals surface area contributed by atoms with E-state index in [0.717, 1.165) is 11.1 Å². The molecule has 2 amide bonds. The number of aryl methyl sites for hydroxylation is 1. The van der Waals surface area contributed by atoms with Gasteiger partial charge in [0.05, 0.1) is 0 Å². The Morgan fingerprint density at radius 1 is 1.08 bits per heavy atom. The van der Waals surface area contributed by atoms with Crippen molar-refractivity contribution in [2.45, 2.75) is 13.5 Å². The summed E-state index contributed by atoms with van der Waals surface area (Å²) in [4.78, 5) is 30.8. The summed E-state index contributed by atoms with van der Waals surface area (Å²) in [7, 11) is 1.74. The van der Waals surface area contributed by atoms with Crippen molar-refractivity contribution in [1.82, 2.24) is 9.88 Å². The third-order valence-electron chi connectivity index (χ3n) is 3.94. The molecular formula is C20H19N3O2S. The van der Waals surface area contributed by atoms with Crippen LogP contribution in [0.2, 0.25) is 0 Å². The summed E-state index contributed by atoms with van der Waals surface area (Å²) in [5, 5.41) is 4.84. The number of aromatic nitrogens is 1. The van der Waals surface area contributed by atoms with Crippen molar-refractivity contribution in [2.75, 3.05) is 12.4 Å². The van der Waals surface area contributed by atoms with Gasteiger partial charge in [0, 0.05) is 24.5 Å². The summed E-state index contributed by atoms with van der Waals surface area (Å²) in [6, 6.07) is 17.1. The van der Waals surface area contributed by atoms with Gasteiger partial charge in [-0.3, -0.25) is 14.9 Å². The third-order valence-corrected chi connectivity index (χ3v) is 4.70. The molecule has 3 aromatic rings. The number of rotatable bonds is 5. The van der Waals surface area contributed by atoms with E-state index in [4.69, 9.17) is 0 Å². The van der Waals surface area contributed by atoms with Crippen LogP contribution in [0.5, 0.6) is 0 Å². The van der Waals surface area contributed by atoms with Crippen LogP contribution in [0.15, 0.2) is 60.0 Å². The lowest BCUT2D eigenvalue weighted by atomic mass is 10.1. The molecule has 0 unspecified atom stereocenters. The summed E-state index contributed by atoms with van der Waals surface area (Å²) in [6.45, 7) is 2.38. The van der Waals surface area contributed by atoms with Gasteiger partial charge >= 0.3 is 0 Å². The second-order valence-electron chi connectivity index (χ2n) is 5.95. The van der Waals surface area contributed by atoms with E-state index in [1.54, 1.807) is 23.4 Å². The highest BCUT2D eigenvalue weighted by Crippen LogP contribution is 2.19. The number of amides is 2. The molecule has 0 fully saturated rings. The first-order valence-electron chi connectivity index (χ1n) is 8.16. The zero-order chi connectivity index (χ0) is 18.5. The van der Waals surface area contributed by atoms with Crippen LogP contribution in [0, 0.1) is 6.92 Å². The van der Waals surface area contributed by atoms with Crippen molar-refractivity contribution in [1.29, 1.82) is 0 Å². The average Bonchev–Trinajstić information content (AvgIpc) is 3.10. The molecule has 0 aliphatic carbocycles. The summed E-state index contributed by atoms with van der Waals surface area (Å²) in [5.41, 5.74) is 2.86. The molecule has 2 aromatic carbocycles. The van der Waals surface area contributed by atoms with E-state index in [-0.39, 0.29) is 11.8 Å². The van der Waals surface area contributed by atoms with Crippen LogP contribution < -0.4 is 5.32 Å². The lowest BCUT2D eigenvalue weighted by molar-refractivity contribution is 0.0779. The normalized spacial score (nSPS) is 10.4. The minimum Gasteiger partial charge on any atom is -0.336 e. The van der Waals surface area contributed by atoms with Gasteiger partial charge in [0.25, 0.3) is 11.8 Å². The van der Waals surface area contributed by atoms with E-state index in [1.807, 2.05) is 55.5 Å². The van der Waals surface area contributed by atoms with Crippen molar-refractivity contribution < 1.29 is 9.59 Å². The molecule has 1 N–H and O–H groups in total. The monoisotopic (exact) mass is 365 g/mol. The predicted molar refractivity (Wildman–Crippen MR) is 103 cm³/mol. The predicted octanol–water partition coefficient (Wildman–Crippen LogP) is 3.98. The molecule has 1 aromatic heterocycles. The Bertz CT molecular complexity index is 922. The maximum absolute atomic E-state index is 12.5. The van der Waals surface area contributed by atoms with Crippen molar-refractivity contribution >= 4 is 28.3 Å². The first-order chi connectivity index (χ1) is 12.5. The molecule has 5 nitrogen and oxygen atoms in total. The second kappa shape index (κ2) is 7.93. The Hall–Kier alpha value is -2.99. The number of nitrogens with one attached hydrogen (secondary N) is 1. The zero-order valence-electron chi connectivity index (χ0n) is 14.6. The Kier molecular flexibility index (Phi) is 5.43. The average molecular weight is 365 g/mol. The lowest BCUT2D eigenvalue weighted by Gasteiger charge is -2.15. The largest absolute Gasteiger partial charge is 0.336 e. The summed E-state index contributed by atoms with van der Waals surface area (Å²) in [6.07, 6.45) is 0. The van der Waals surface area contributed by atoms with Crippen molar-refractivity contribution in [3.05, 3.63) is 82.4 Å². The smallest absolute Gasteiger partial charge is 0.273 e. The van der Waals surface area contributed by atoms with Gasteiger partial charge in [0.15, 0.2) is 5.13 Å². The molecule has 0 saturated heterocycles. The molecule has 0 bridgehead atoms. The topological polar surface area (TPSA) is 62.3 Å². The highest BCUT2D eigenvalue weighted by Gasteiger charge is 2.17. The van der Waals surface area contributed by atoms with Gasteiger partial charge in [-0.1, -0.05) is 48.5 Å². The van der Waals surface area contributed by atoms with E-state index in [2.05, 4.69) is 10.3 Å². The minimum absolute atomic E-state index is 0.179. The summed E-state index contributed by atoms with van der Waals surface area (Å²) >= 11 is 1.24. The number of thiazole rings is 1. The fourth-order valence-corrected chi connectivity index (χ4v) is 3.23. The Morgan fingerprint density at radius 2 is 1.77 bits per heavy atom. The number of carbonyl (C=O) groups is 2. The maximum atomic E-state index is 12.5. The summed E-state index contributed by atoms with van der Waals surface area (Å²) < 4.78 is 0. The van der Waals surface area contributed by atoms with Gasteiger partial charge in [-0.15, -0.1) is 11.3 Å². The Morgan fingerprint density at radius 3 is 2.50 bits per heavy atom. The van der Waals surface area contributed by atoms with Gasteiger partial charge in [-0.2, -0.15) is 0 Å². The van der Waals surface area contributed by atoms with Crippen LogP contribution in [-0.4, -0.2) is 28.7 Å². The quantitative estimate of drug-likeness (QED) is 0.744. The number of hydrogen-bond acceptors (Lipinski definition) is 4. The van der Waals surface area contributed by atoms with Gasteiger partial charge in [-0.05, 0) is 24.1 Å². The van der Waals surface area contributed by atoms with Gasteiger partial charge < -0.3 is 4.90 Å². The third kappa shape index (κ3) is 4.15. The van der Waals surface area contributed by atoms with Crippen molar-refractivity contribution in [3.63, 3.8) is 0 Å². The summed E-state index contributed by atoms with van der Waals surface area (Å²) in [5.74, 6) is -0.407. The van der Waals surface area contributed by atoms with Gasteiger partial charge in [0.1, 0.15) is 5.69 Å². The molecule has 0 aliphatic rings. The number of hydrogen-bond donors (Lipinski definition) is 1. The first kappa shape index (κ1) is 17.8. The van der Waals surface area contributed by atoms with E-state index in [0.29, 0.717) is 22.9 Å². The molecule has 1 heterocycles. The lowest BCUT2D eigenvalue weighted by Crippen LogP contribution is -2.26. The van der Waals surface area contributed by atoms with Gasteiger partial charge in [-0.25, -0.2) is 4.98 Å². The Balaban J connectivity index is 1.66. The van der Waals surface area contributed by atoms with Crippen LogP contribution >= 0.6 is 11.3 Å². The zero-order valence-corrected chi connectivity index (χ0v) is 15.4. The second-order valence-corrected chi connectivity index (χ2v) is 6.81. The maximum Gasteiger partial charge on any atom is 0.273 e. The van der Waals surface area contributed by atoms with Crippen molar-refractivity contribution in [3.8, 4) is 0 Å². The first-order valence-corrected chi connectivity index (χ1v) is 9.04. The molecular weight excluding hydrogens is 346 g/mol. The fourth-order valence-electron chi connectivity index (χ4n) is 2.55. The molecule has 3 rings (SSSR count). The minimum atomic E-state index is -0.228. The highest BCUT2D eigenvalue weighted by atomic mass is 32.1. The SMILES string of the molecule is Cc1ccccc1C(=O)Nc1nc(C(=O)N(C)Cc2ccccc2)cs1. The molecule has 0 saturated carbocycles. The number of nitrogens with zero attached hydrogens (tertiary/aromatic N) is 2. The van der Waals surface area contributed by atoms with Crippen LogP contribution in [0.4, 0.5) is 5.13 Å². The fraction of sp³-hybridized carbons (Fsp3) is 0.150. The molecule has 6 heteroatoms. The van der Waals surface area contributed by atoms with Crippen LogP contribution in [0.25, 0.3) is 0 Å². The van der Waals surface area contributed by atoms with Gasteiger partial charge in [0.2, 0.25) is 0 Å². The molecule has 132 valence electrons.